The molecule has 0 aliphatic rings. The summed E-state index contributed by atoms with van der Waals surface area (Å²) in [5.74, 6) is 0.792. The van der Waals surface area contributed by atoms with Crippen LogP contribution in [0.15, 0.2) is 18.2 Å². The number of carbonyl (C=O) groups excluding carboxylic acids is 2. The molecule has 0 spiro atoms. The number of amides is 2. The summed E-state index contributed by atoms with van der Waals surface area (Å²) in [7, 11) is 3.29. The van der Waals surface area contributed by atoms with E-state index in [2.05, 4.69) is 19.2 Å². The summed E-state index contributed by atoms with van der Waals surface area (Å²) < 4.78 is 16.5. The van der Waals surface area contributed by atoms with Crippen molar-refractivity contribution in [3.8, 4) is 11.5 Å². The van der Waals surface area contributed by atoms with Gasteiger partial charge in [0.2, 0.25) is 11.8 Å². The molecule has 0 aromatic heterocycles. The number of hydrogen-bond donors (Lipinski definition) is 4. The van der Waals surface area contributed by atoms with Gasteiger partial charge in [-0.3, -0.25) is 9.59 Å². The molecule has 4 atom stereocenters. The quantitative estimate of drug-likeness (QED) is 0.193. The van der Waals surface area contributed by atoms with Gasteiger partial charge in [-0.2, -0.15) is 0 Å². The van der Waals surface area contributed by atoms with Crippen LogP contribution in [0.25, 0.3) is 0 Å². The smallest absolute Gasteiger partial charge is 0.224 e. The van der Waals surface area contributed by atoms with Crippen LogP contribution in [0.1, 0.15) is 66.4 Å². The Bertz CT molecular complexity index is 889. The summed E-state index contributed by atoms with van der Waals surface area (Å²) in [6, 6.07) is 5.47. The second-order valence-electron chi connectivity index (χ2n) is 11.9. The van der Waals surface area contributed by atoms with Gasteiger partial charge in [-0.05, 0) is 68.6 Å². The maximum Gasteiger partial charge on any atom is 0.224 e. The highest BCUT2D eigenvalue weighted by Gasteiger charge is 2.32. The Morgan fingerprint density at radius 3 is 2.23 bits per heavy atom. The molecule has 9 heteroatoms. The highest BCUT2D eigenvalue weighted by molar-refractivity contribution is 5.83. The van der Waals surface area contributed by atoms with Crippen molar-refractivity contribution >= 4 is 11.8 Å². The summed E-state index contributed by atoms with van der Waals surface area (Å²) in [5, 5.41) is 13.9. The van der Waals surface area contributed by atoms with E-state index in [9.17, 15) is 14.7 Å². The molecule has 0 saturated carbocycles. The summed E-state index contributed by atoms with van der Waals surface area (Å²) in [6.45, 7) is 12.9. The van der Waals surface area contributed by atoms with Gasteiger partial charge in [0.1, 0.15) is 0 Å². The first-order valence-electron chi connectivity index (χ1n) is 14.0. The fourth-order valence-electron chi connectivity index (χ4n) is 4.39. The molecule has 2 amide bonds. The van der Waals surface area contributed by atoms with Gasteiger partial charge in [-0.25, -0.2) is 0 Å². The lowest BCUT2D eigenvalue weighted by Gasteiger charge is -2.30. The molecule has 39 heavy (non-hydrogen) atoms. The van der Waals surface area contributed by atoms with Gasteiger partial charge in [0, 0.05) is 38.6 Å². The Balaban J connectivity index is 2.87. The van der Waals surface area contributed by atoms with Crippen molar-refractivity contribution in [2.75, 3.05) is 34.0 Å². The topological polar surface area (TPSA) is 146 Å². The van der Waals surface area contributed by atoms with Crippen LogP contribution in [0, 0.1) is 29.1 Å². The SMILES string of the molecule is COCCCOc1cc(CC(C[C@H](N)[C@@H](O)C[C@H](C(=O)NCC(C)(C)C(N)=O)C(C)C)C(C)C)ccc1OC. The van der Waals surface area contributed by atoms with E-state index >= 15 is 0 Å². The van der Waals surface area contributed by atoms with E-state index < -0.39 is 29.4 Å². The number of aliphatic hydroxyl groups is 1. The first-order chi connectivity index (χ1) is 18.2. The average molecular weight is 552 g/mol. The molecule has 0 radical (unpaired) electrons. The zero-order valence-corrected chi connectivity index (χ0v) is 25.3. The van der Waals surface area contributed by atoms with Gasteiger partial charge in [0.05, 0.1) is 25.2 Å². The van der Waals surface area contributed by atoms with Crippen LogP contribution in [0.4, 0.5) is 0 Å². The van der Waals surface area contributed by atoms with Crippen molar-refractivity contribution in [2.24, 2.45) is 40.6 Å². The number of nitrogens with one attached hydrogen (secondary N) is 1. The minimum Gasteiger partial charge on any atom is -0.493 e. The van der Waals surface area contributed by atoms with Gasteiger partial charge >= 0.3 is 0 Å². The van der Waals surface area contributed by atoms with E-state index in [0.29, 0.717) is 37.1 Å². The molecular weight excluding hydrogens is 498 g/mol. The second kappa shape index (κ2) is 16.7. The second-order valence-corrected chi connectivity index (χ2v) is 11.9. The third-order valence-corrected chi connectivity index (χ3v) is 7.50. The highest BCUT2D eigenvalue weighted by Crippen LogP contribution is 2.32. The number of primary amides is 1. The Morgan fingerprint density at radius 1 is 1.03 bits per heavy atom. The lowest BCUT2D eigenvalue weighted by molar-refractivity contribution is -0.130. The molecule has 6 N–H and O–H groups in total. The average Bonchev–Trinajstić information content (AvgIpc) is 2.87. The third kappa shape index (κ3) is 11.7. The number of benzene rings is 1. The van der Waals surface area contributed by atoms with Crippen molar-refractivity contribution < 1.29 is 28.9 Å². The van der Waals surface area contributed by atoms with Gasteiger partial charge in [0.25, 0.3) is 0 Å². The molecule has 1 aromatic rings. The minimum atomic E-state index is -0.854. The number of aliphatic hydroxyl groups excluding tert-OH is 1. The molecule has 1 aromatic carbocycles. The van der Waals surface area contributed by atoms with E-state index in [1.54, 1.807) is 28.1 Å². The lowest BCUT2D eigenvalue weighted by Crippen LogP contribution is -2.46. The molecule has 0 aliphatic heterocycles. The van der Waals surface area contributed by atoms with Crippen LogP contribution in [0.3, 0.4) is 0 Å². The lowest BCUT2D eigenvalue weighted by atomic mass is 9.80. The Hall–Kier alpha value is -2.36. The van der Waals surface area contributed by atoms with Gasteiger partial charge in [0.15, 0.2) is 11.5 Å². The maximum absolute atomic E-state index is 12.9. The molecule has 1 rings (SSSR count). The van der Waals surface area contributed by atoms with Crippen LogP contribution in [0.5, 0.6) is 11.5 Å². The van der Waals surface area contributed by atoms with Crippen molar-refractivity contribution in [2.45, 2.75) is 79.4 Å². The number of methoxy groups -OCH3 is 2. The van der Waals surface area contributed by atoms with E-state index in [1.165, 1.54) is 0 Å². The highest BCUT2D eigenvalue weighted by atomic mass is 16.5. The Morgan fingerprint density at radius 2 is 1.69 bits per heavy atom. The van der Waals surface area contributed by atoms with Crippen LogP contribution in [-0.2, 0) is 20.7 Å². The van der Waals surface area contributed by atoms with Crippen molar-refractivity contribution in [3.05, 3.63) is 23.8 Å². The fraction of sp³-hybridized carbons (Fsp3) is 0.733. The summed E-state index contributed by atoms with van der Waals surface area (Å²) >= 11 is 0. The van der Waals surface area contributed by atoms with Gasteiger partial charge in [-0.15, -0.1) is 0 Å². The number of carbonyl (C=O) groups is 2. The van der Waals surface area contributed by atoms with Crippen molar-refractivity contribution in [3.63, 3.8) is 0 Å². The summed E-state index contributed by atoms with van der Waals surface area (Å²) in [6.07, 6.45) is 1.56. The first-order valence-corrected chi connectivity index (χ1v) is 14.0. The predicted octanol–water partition coefficient (Wildman–Crippen LogP) is 3.29. The van der Waals surface area contributed by atoms with Crippen molar-refractivity contribution in [1.29, 1.82) is 0 Å². The number of hydrogen-bond acceptors (Lipinski definition) is 7. The van der Waals surface area contributed by atoms with Crippen LogP contribution >= 0.6 is 0 Å². The van der Waals surface area contributed by atoms with Crippen molar-refractivity contribution in [1.82, 2.24) is 5.32 Å². The molecule has 0 fully saturated rings. The standard InChI is InChI=1S/C30H53N3O6/c1-19(2)22(14-21-10-11-26(38-8)27(15-21)39-13-9-12-37-7)16-24(31)25(34)17-23(20(3)4)28(35)33-18-30(5,6)29(32)36/h10-11,15,19-20,22-25,34H,9,12-14,16-18,31H2,1-8H3,(H2,32,36)(H,33,35)/t22?,23-,24-,25-/m0/s1. The fourth-order valence-corrected chi connectivity index (χ4v) is 4.39. The van der Waals surface area contributed by atoms with E-state index in [0.717, 1.165) is 18.4 Å². The molecule has 0 heterocycles. The van der Waals surface area contributed by atoms with E-state index in [1.807, 2.05) is 32.0 Å². The molecule has 0 saturated heterocycles. The van der Waals surface area contributed by atoms with Crippen LogP contribution in [0.2, 0.25) is 0 Å². The summed E-state index contributed by atoms with van der Waals surface area (Å²) in [5.41, 5.74) is 12.2. The predicted molar refractivity (Wildman–Crippen MR) is 155 cm³/mol. The Labute approximate surface area is 235 Å². The number of nitrogens with two attached hydrogens (primary N) is 2. The number of ether oxygens (including phenoxy) is 3. The zero-order valence-electron chi connectivity index (χ0n) is 25.3. The van der Waals surface area contributed by atoms with Gasteiger partial charge < -0.3 is 36.1 Å². The molecule has 0 aliphatic carbocycles. The Kier molecular flexibility index (Phi) is 14.8. The maximum atomic E-state index is 12.9. The van der Waals surface area contributed by atoms with E-state index in [-0.39, 0.29) is 30.7 Å². The van der Waals surface area contributed by atoms with Crippen LogP contribution < -0.4 is 26.3 Å². The molecule has 9 nitrogen and oxygen atoms in total. The monoisotopic (exact) mass is 551 g/mol. The number of rotatable bonds is 19. The molecular formula is C30H53N3O6. The normalized spacial score (nSPS) is 15.1. The molecule has 224 valence electrons. The zero-order chi connectivity index (χ0) is 29.8. The van der Waals surface area contributed by atoms with Crippen LogP contribution in [-0.4, -0.2) is 63.0 Å². The third-order valence-electron chi connectivity index (χ3n) is 7.50. The van der Waals surface area contributed by atoms with E-state index in [4.69, 9.17) is 25.7 Å². The summed E-state index contributed by atoms with van der Waals surface area (Å²) in [4.78, 5) is 24.5. The first kappa shape index (κ1) is 34.7. The molecule has 1 unspecified atom stereocenters. The largest absolute Gasteiger partial charge is 0.493 e. The molecule has 0 bridgehead atoms. The minimum absolute atomic E-state index is 0.00829. The van der Waals surface area contributed by atoms with Gasteiger partial charge in [-0.1, -0.05) is 33.8 Å².